The Hall–Kier alpha value is -3.00. The maximum absolute atomic E-state index is 11.6. The lowest BCUT2D eigenvalue weighted by Gasteiger charge is -2.28. The number of rotatable bonds is 13. The fraction of sp³-hybridized carbons (Fsp3) is 0.500. The summed E-state index contributed by atoms with van der Waals surface area (Å²) in [6.45, 7) is 10.2. The lowest BCUT2D eigenvalue weighted by atomic mass is 9.72. The van der Waals surface area contributed by atoms with Gasteiger partial charge in [-0.1, -0.05) is 37.1 Å². The first kappa shape index (κ1) is 26.3. The normalized spacial score (nSPS) is 11.3. The van der Waals surface area contributed by atoms with Crippen LogP contribution in [0.25, 0.3) is 0 Å². The molecule has 0 unspecified atom stereocenters. The molecule has 178 valence electrons. The number of ether oxygens (including phenoxy) is 3. The molecule has 0 atom stereocenters. The van der Waals surface area contributed by atoms with Crippen molar-refractivity contribution in [2.45, 2.75) is 84.3 Å². The summed E-state index contributed by atoms with van der Waals surface area (Å²) in [7, 11) is 0. The molecule has 0 aliphatic carbocycles. The van der Waals surface area contributed by atoms with Crippen LogP contribution in [-0.2, 0) is 14.9 Å². The van der Waals surface area contributed by atoms with Gasteiger partial charge in [0.15, 0.2) is 0 Å². The summed E-state index contributed by atoms with van der Waals surface area (Å²) in [6.07, 6.45) is 3.67. The van der Waals surface area contributed by atoms with Crippen molar-refractivity contribution in [3.63, 3.8) is 0 Å². The van der Waals surface area contributed by atoms with Gasteiger partial charge in [-0.05, 0) is 82.9 Å². The summed E-state index contributed by atoms with van der Waals surface area (Å²) in [5.41, 5.74) is 1.07. The Labute approximate surface area is 198 Å². The van der Waals surface area contributed by atoms with Crippen LogP contribution in [0.15, 0.2) is 48.5 Å². The molecule has 0 saturated heterocycles. The van der Waals surface area contributed by atoms with E-state index in [1.807, 2.05) is 83.1 Å². The summed E-state index contributed by atoms with van der Waals surface area (Å²) in [5.74, 6) is 1.41. The zero-order valence-corrected chi connectivity index (χ0v) is 20.6. The quantitative estimate of drug-likeness (QED) is 0.254. The van der Waals surface area contributed by atoms with Gasteiger partial charge in [0, 0.05) is 6.42 Å². The summed E-state index contributed by atoms with van der Waals surface area (Å²) in [6, 6.07) is 18.3. The van der Waals surface area contributed by atoms with E-state index >= 15 is 0 Å². The van der Waals surface area contributed by atoms with Gasteiger partial charge in [0.1, 0.15) is 16.9 Å². The molecule has 0 aromatic heterocycles. The molecule has 0 saturated carbocycles. The molecule has 0 spiro atoms. The fourth-order valence-corrected chi connectivity index (χ4v) is 3.89. The highest BCUT2D eigenvalue weighted by Gasteiger charge is 2.34. The number of carbonyl (C=O) groups excluding carboxylic acids is 1. The Morgan fingerprint density at radius 1 is 0.848 bits per heavy atom. The number of carbonyl (C=O) groups is 1. The number of benzene rings is 2. The van der Waals surface area contributed by atoms with Crippen LogP contribution >= 0.6 is 0 Å². The Morgan fingerprint density at radius 3 is 1.73 bits per heavy atom. The smallest absolute Gasteiger partial charge is 0.305 e. The largest absolute Gasteiger partial charge is 0.491 e. The molecule has 2 aromatic carbocycles. The van der Waals surface area contributed by atoms with Crippen molar-refractivity contribution in [2.24, 2.45) is 0 Å². The van der Waals surface area contributed by atoms with Crippen molar-refractivity contribution in [1.29, 1.82) is 5.26 Å². The first-order chi connectivity index (χ1) is 15.8. The Morgan fingerprint density at radius 2 is 1.33 bits per heavy atom. The Balaban J connectivity index is 2.26. The molecule has 0 amide bonds. The van der Waals surface area contributed by atoms with Gasteiger partial charge in [-0.3, -0.25) is 4.79 Å². The molecule has 2 rings (SSSR count). The third kappa shape index (κ3) is 7.82. The van der Waals surface area contributed by atoms with Gasteiger partial charge >= 0.3 is 5.97 Å². The standard InChI is InChI=1S/C28H37NO4/c1-6-31-27(30)10-8-7-9-19-28(20-29,23-11-15-25(16-12-23)32-21(2)3)24-13-17-26(18-14-24)33-22(4)5/h11-18,21-22H,6-10,19H2,1-5H3. The van der Waals surface area contributed by atoms with Crippen LogP contribution < -0.4 is 9.47 Å². The van der Waals surface area contributed by atoms with Gasteiger partial charge < -0.3 is 14.2 Å². The van der Waals surface area contributed by atoms with Gasteiger partial charge in [0.2, 0.25) is 0 Å². The maximum Gasteiger partial charge on any atom is 0.305 e. The lowest BCUT2D eigenvalue weighted by Crippen LogP contribution is -2.26. The highest BCUT2D eigenvalue weighted by atomic mass is 16.5. The third-order valence-corrected chi connectivity index (χ3v) is 5.37. The zero-order chi connectivity index (χ0) is 24.3. The van der Waals surface area contributed by atoms with E-state index in [1.165, 1.54) is 0 Å². The molecule has 0 N–H and O–H groups in total. The number of nitriles is 1. The van der Waals surface area contributed by atoms with Gasteiger partial charge in [0.05, 0.1) is 24.9 Å². The van der Waals surface area contributed by atoms with Crippen molar-refractivity contribution < 1.29 is 19.0 Å². The van der Waals surface area contributed by atoms with E-state index in [0.717, 1.165) is 41.9 Å². The first-order valence-corrected chi connectivity index (χ1v) is 11.9. The van der Waals surface area contributed by atoms with E-state index in [9.17, 15) is 10.1 Å². The molecule has 0 aliphatic rings. The average molecular weight is 452 g/mol. The van der Waals surface area contributed by atoms with Gasteiger partial charge in [0.25, 0.3) is 0 Å². The van der Waals surface area contributed by atoms with Crippen LogP contribution in [0.3, 0.4) is 0 Å². The molecular weight excluding hydrogens is 414 g/mol. The zero-order valence-electron chi connectivity index (χ0n) is 20.6. The minimum Gasteiger partial charge on any atom is -0.491 e. The van der Waals surface area contributed by atoms with Crippen molar-refractivity contribution in [3.8, 4) is 17.6 Å². The number of hydrogen-bond donors (Lipinski definition) is 0. The Bertz CT molecular complexity index is 841. The van der Waals surface area contributed by atoms with Gasteiger partial charge in [-0.15, -0.1) is 0 Å². The predicted molar refractivity (Wildman–Crippen MR) is 131 cm³/mol. The van der Waals surface area contributed by atoms with Crippen molar-refractivity contribution in [1.82, 2.24) is 0 Å². The van der Waals surface area contributed by atoms with Crippen molar-refractivity contribution in [2.75, 3.05) is 6.61 Å². The minimum absolute atomic E-state index is 0.0875. The SMILES string of the molecule is CCOC(=O)CCCCCC(C#N)(c1ccc(OC(C)C)cc1)c1ccc(OC(C)C)cc1. The predicted octanol–water partition coefficient (Wildman–Crippen LogP) is 6.58. The second kappa shape index (κ2) is 12.9. The molecule has 33 heavy (non-hydrogen) atoms. The summed E-state index contributed by atoms with van der Waals surface area (Å²) in [5, 5.41) is 10.4. The van der Waals surface area contributed by atoms with E-state index in [2.05, 4.69) is 6.07 Å². The summed E-state index contributed by atoms with van der Waals surface area (Å²) < 4.78 is 16.6. The number of hydrogen-bond acceptors (Lipinski definition) is 5. The molecule has 0 fully saturated rings. The van der Waals surface area contributed by atoms with Crippen molar-refractivity contribution in [3.05, 3.63) is 59.7 Å². The van der Waals surface area contributed by atoms with Crippen LogP contribution in [-0.4, -0.2) is 24.8 Å². The van der Waals surface area contributed by atoms with Crippen LogP contribution in [0.5, 0.6) is 11.5 Å². The van der Waals surface area contributed by atoms with Crippen LogP contribution in [0.4, 0.5) is 0 Å². The van der Waals surface area contributed by atoms with Gasteiger partial charge in [-0.2, -0.15) is 5.26 Å². The summed E-state index contributed by atoms with van der Waals surface area (Å²) in [4.78, 5) is 11.6. The van der Waals surface area contributed by atoms with E-state index < -0.39 is 5.41 Å². The fourth-order valence-electron chi connectivity index (χ4n) is 3.89. The highest BCUT2D eigenvalue weighted by molar-refractivity contribution is 5.69. The number of esters is 1. The second-order valence-corrected chi connectivity index (χ2v) is 8.76. The van der Waals surface area contributed by atoms with Crippen LogP contribution in [0.1, 0.15) is 77.8 Å². The molecule has 5 heteroatoms. The van der Waals surface area contributed by atoms with Crippen molar-refractivity contribution >= 4 is 5.97 Å². The Kier molecular flexibility index (Phi) is 10.3. The van der Waals surface area contributed by atoms with E-state index in [4.69, 9.17) is 14.2 Å². The van der Waals surface area contributed by atoms with E-state index in [-0.39, 0.29) is 18.2 Å². The lowest BCUT2D eigenvalue weighted by molar-refractivity contribution is -0.143. The van der Waals surface area contributed by atoms with E-state index in [1.54, 1.807) is 0 Å². The maximum atomic E-state index is 11.6. The monoisotopic (exact) mass is 451 g/mol. The molecule has 0 radical (unpaired) electrons. The molecule has 0 aliphatic heterocycles. The third-order valence-electron chi connectivity index (χ3n) is 5.37. The topological polar surface area (TPSA) is 68.6 Å². The average Bonchev–Trinajstić information content (AvgIpc) is 2.77. The molecule has 5 nitrogen and oxygen atoms in total. The van der Waals surface area contributed by atoms with Gasteiger partial charge in [-0.25, -0.2) is 0 Å². The van der Waals surface area contributed by atoms with Crippen LogP contribution in [0.2, 0.25) is 0 Å². The number of nitrogens with zero attached hydrogens (tertiary/aromatic N) is 1. The number of unbranched alkanes of at least 4 members (excludes halogenated alkanes) is 2. The van der Waals surface area contributed by atoms with Crippen LogP contribution in [0, 0.1) is 11.3 Å². The van der Waals surface area contributed by atoms with E-state index in [0.29, 0.717) is 19.4 Å². The molecule has 2 aromatic rings. The summed E-state index contributed by atoms with van der Waals surface area (Å²) >= 11 is 0. The first-order valence-electron chi connectivity index (χ1n) is 11.9. The molecule has 0 heterocycles. The highest BCUT2D eigenvalue weighted by Crippen LogP contribution is 2.38. The molecular formula is C28H37NO4. The molecule has 0 bridgehead atoms. The second-order valence-electron chi connectivity index (χ2n) is 8.76. The minimum atomic E-state index is -0.795.